The van der Waals surface area contributed by atoms with Crippen LogP contribution in [-0.4, -0.2) is 26.9 Å². The molecule has 0 aliphatic heterocycles. The minimum atomic E-state index is -0.608. The van der Waals surface area contributed by atoms with Crippen molar-refractivity contribution >= 4 is 11.6 Å². The van der Waals surface area contributed by atoms with E-state index in [-0.39, 0.29) is 29.9 Å². The van der Waals surface area contributed by atoms with Crippen LogP contribution in [0.1, 0.15) is 16.1 Å². The van der Waals surface area contributed by atoms with Crippen molar-refractivity contribution < 1.29 is 9.72 Å². The first-order chi connectivity index (χ1) is 10.5. The maximum absolute atomic E-state index is 12.0. The van der Waals surface area contributed by atoms with Gasteiger partial charge in [0.25, 0.3) is 17.2 Å². The van der Waals surface area contributed by atoms with Crippen molar-refractivity contribution in [3.63, 3.8) is 0 Å². The molecule has 8 nitrogen and oxygen atoms in total. The van der Waals surface area contributed by atoms with Crippen LogP contribution < -0.4 is 10.9 Å². The molecule has 0 atom stereocenters. The van der Waals surface area contributed by atoms with Gasteiger partial charge in [-0.25, -0.2) is 4.98 Å². The van der Waals surface area contributed by atoms with Crippen LogP contribution in [-0.2, 0) is 6.54 Å². The Kier molecular flexibility index (Phi) is 4.62. The molecule has 0 radical (unpaired) electrons. The number of hydrogen-bond acceptors (Lipinski definition) is 5. The summed E-state index contributed by atoms with van der Waals surface area (Å²) in [5.41, 5.74) is 0.133. The molecule has 0 saturated carbocycles. The SMILES string of the molecule is Cc1cc(=O)n(CCNC(=O)c2ccccc2[N+](=O)[O-])cn1. The van der Waals surface area contributed by atoms with E-state index in [1.165, 1.54) is 35.2 Å². The second-order valence-corrected chi connectivity index (χ2v) is 4.59. The van der Waals surface area contributed by atoms with Crippen molar-refractivity contribution in [2.75, 3.05) is 6.54 Å². The summed E-state index contributed by atoms with van der Waals surface area (Å²) in [7, 11) is 0. The van der Waals surface area contributed by atoms with Crippen LogP contribution in [0.4, 0.5) is 5.69 Å². The van der Waals surface area contributed by atoms with Gasteiger partial charge in [-0.3, -0.25) is 24.3 Å². The number of amides is 1. The fourth-order valence-electron chi connectivity index (χ4n) is 1.89. The predicted molar refractivity (Wildman–Crippen MR) is 78.7 cm³/mol. The molecule has 1 N–H and O–H groups in total. The number of nitro benzene ring substituents is 1. The smallest absolute Gasteiger partial charge is 0.282 e. The summed E-state index contributed by atoms with van der Waals surface area (Å²) in [6.45, 7) is 2.11. The molecule has 0 fully saturated rings. The highest BCUT2D eigenvalue weighted by atomic mass is 16.6. The Hall–Kier alpha value is -3.03. The Morgan fingerprint density at radius 1 is 1.41 bits per heavy atom. The number of aryl methyl sites for hydroxylation is 1. The van der Waals surface area contributed by atoms with Gasteiger partial charge in [-0.2, -0.15) is 0 Å². The monoisotopic (exact) mass is 302 g/mol. The number of carbonyl (C=O) groups is 1. The molecule has 1 heterocycles. The third-order valence-electron chi connectivity index (χ3n) is 3.00. The Bertz CT molecular complexity index is 769. The van der Waals surface area contributed by atoms with Crippen molar-refractivity contribution in [2.45, 2.75) is 13.5 Å². The second kappa shape index (κ2) is 6.61. The van der Waals surface area contributed by atoms with E-state index in [1.807, 2.05) is 0 Å². The van der Waals surface area contributed by atoms with Gasteiger partial charge in [0.2, 0.25) is 0 Å². The number of carbonyl (C=O) groups excluding carboxylic acids is 1. The van der Waals surface area contributed by atoms with Crippen molar-refractivity contribution in [1.29, 1.82) is 0 Å². The lowest BCUT2D eigenvalue weighted by Crippen LogP contribution is -2.31. The summed E-state index contributed by atoms with van der Waals surface area (Å²) in [4.78, 5) is 37.9. The average Bonchev–Trinajstić information content (AvgIpc) is 2.49. The van der Waals surface area contributed by atoms with Crippen molar-refractivity contribution in [3.05, 3.63) is 68.4 Å². The topological polar surface area (TPSA) is 107 Å². The summed E-state index contributed by atoms with van der Waals surface area (Å²) >= 11 is 0. The first kappa shape index (κ1) is 15.4. The molecule has 8 heteroatoms. The Labute approximate surface area is 125 Å². The number of nitrogens with zero attached hydrogens (tertiary/aromatic N) is 3. The maximum atomic E-state index is 12.0. The van der Waals surface area contributed by atoms with E-state index in [9.17, 15) is 19.7 Å². The minimum Gasteiger partial charge on any atom is -0.350 e. The van der Waals surface area contributed by atoms with E-state index in [2.05, 4.69) is 10.3 Å². The number of nitrogens with one attached hydrogen (secondary N) is 1. The molecule has 1 amide bonds. The zero-order valence-electron chi connectivity index (χ0n) is 11.9. The van der Waals surface area contributed by atoms with E-state index in [4.69, 9.17) is 0 Å². The van der Waals surface area contributed by atoms with Crippen LogP contribution >= 0.6 is 0 Å². The molecule has 1 aromatic heterocycles. The fourth-order valence-corrected chi connectivity index (χ4v) is 1.89. The Morgan fingerprint density at radius 3 is 2.82 bits per heavy atom. The van der Waals surface area contributed by atoms with Crippen LogP contribution in [0.15, 0.2) is 41.5 Å². The molecule has 22 heavy (non-hydrogen) atoms. The summed E-state index contributed by atoms with van der Waals surface area (Å²) in [6.07, 6.45) is 1.40. The van der Waals surface area contributed by atoms with E-state index < -0.39 is 10.8 Å². The summed E-state index contributed by atoms with van der Waals surface area (Å²) < 4.78 is 1.35. The van der Waals surface area contributed by atoms with Crippen LogP contribution in [0, 0.1) is 17.0 Å². The lowest BCUT2D eigenvalue weighted by molar-refractivity contribution is -0.385. The first-order valence-corrected chi connectivity index (χ1v) is 6.54. The van der Waals surface area contributed by atoms with E-state index >= 15 is 0 Å². The summed E-state index contributed by atoms with van der Waals surface area (Å²) in [5, 5.41) is 13.4. The molecular formula is C14H14N4O4. The highest BCUT2D eigenvalue weighted by Crippen LogP contribution is 2.17. The summed E-state index contributed by atoms with van der Waals surface area (Å²) in [6, 6.07) is 7.09. The molecule has 0 aliphatic rings. The average molecular weight is 302 g/mol. The van der Waals surface area contributed by atoms with Gasteiger partial charge in [-0.1, -0.05) is 12.1 Å². The van der Waals surface area contributed by atoms with Gasteiger partial charge < -0.3 is 5.32 Å². The molecule has 2 aromatic rings. The standard InChI is InChI=1S/C14H14N4O4/c1-10-8-13(19)17(9-16-10)7-6-15-14(20)11-4-2-3-5-12(11)18(21)22/h2-5,8-9H,6-7H2,1H3,(H,15,20). The lowest BCUT2D eigenvalue weighted by atomic mass is 10.1. The molecule has 114 valence electrons. The predicted octanol–water partition coefficient (Wildman–Crippen LogP) is 0.890. The second-order valence-electron chi connectivity index (χ2n) is 4.59. The Morgan fingerprint density at radius 2 is 2.14 bits per heavy atom. The zero-order valence-corrected chi connectivity index (χ0v) is 11.9. The normalized spacial score (nSPS) is 10.2. The van der Waals surface area contributed by atoms with Gasteiger partial charge in [-0.15, -0.1) is 0 Å². The number of rotatable bonds is 5. The van der Waals surface area contributed by atoms with E-state index in [0.717, 1.165) is 0 Å². The Balaban J connectivity index is 2.02. The maximum Gasteiger partial charge on any atom is 0.282 e. The van der Waals surface area contributed by atoms with Crippen molar-refractivity contribution in [1.82, 2.24) is 14.9 Å². The van der Waals surface area contributed by atoms with Gasteiger partial charge >= 0.3 is 0 Å². The van der Waals surface area contributed by atoms with Crippen molar-refractivity contribution in [2.24, 2.45) is 0 Å². The highest BCUT2D eigenvalue weighted by molar-refractivity contribution is 5.98. The first-order valence-electron chi connectivity index (χ1n) is 6.54. The van der Waals surface area contributed by atoms with E-state index in [0.29, 0.717) is 5.69 Å². The number of aromatic nitrogens is 2. The zero-order chi connectivity index (χ0) is 16.1. The lowest BCUT2D eigenvalue weighted by Gasteiger charge is -2.07. The van der Waals surface area contributed by atoms with Crippen molar-refractivity contribution in [3.8, 4) is 0 Å². The van der Waals surface area contributed by atoms with Gasteiger partial charge in [0, 0.05) is 30.9 Å². The van der Waals surface area contributed by atoms with Crippen LogP contribution in [0.25, 0.3) is 0 Å². The highest BCUT2D eigenvalue weighted by Gasteiger charge is 2.18. The molecule has 0 saturated heterocycles. The molecular weight excluding hydrogens is 288 g/mol. The van der Waals surface area contributed by atoms with E-state index in [1.54, 1.807) is 13.0 Å². The van der Waals surface area contributed by atoms with Crippen LogP contribution in [0.5, 0.6) is 0 Å². The summed E-state index contributed by atoms with van der Waals surface area (Å²) in [5.74, 6) is -0.555. The number of para-hydroxylation sites is 1. The molecule has 1 aromatic carbocycles. The van der Waals surface area contributed by atoms with Gasteiger partial charge in [-0.05, 0) is 13.0 Å². The van der Waals surface area contributed by atoms with Gasteiger partial charge in [0.1, 0.15) is 5.56 Å². The third-order valence-corrected chi connectivity index (χ3v) is 3.00. The van der Waals surface area contributed by atoms with Gasteiger partial charge in [0.05, 0.1) is 11.3 Å². The van der Waals surface area contributed by atoms with Crippen LogP contribution in [0.3, 0.4) is 0 Å². The molecule has 2 rings (SSSR count). The number of nitro groups is 1. The quantitative estimate of drug-likeness (QED) is 0.652. The number of benzene rings is 1. The van der Waals surface area contributed by atoms with Crippen LogP contribution in [0.2, 0.25) is 0 Å². The molecule has 0 aliphatic carbocycles. The molecule has 0 bridgehead atoms. The fraction of sp³-hybridized carbons (Fsp3) is 0.214. The molecule has 0 spiro atoms. The minimum absolute atomic E-state index is 0.0121. The largest absolute Gasteiger partial charge is 0.350 e. The van der Waals surface area contributed by atoms with Gasteiger partial charge in [0.15, 0.2) is 0 Å². The number of hydrogen-bond donors (Lipinski definition) is 1. The molecule has 0 unspecified atom stereocenters. The third kappa shape index (κ3) is 3.54.